The molecule has 2 unspecified atom stereocenters. The zero-order valence-corrected chi connectivity index (χ0v) is 9.21. The highest BCUT2D eigenvalue weighted by molar-refractivity contribution is 5.72. The molecule has 2 aromatic heterocycles. The Morgan fingerprint density at radius 3 is 3.18 bits per heavy atom. The zero-order chi connectivity index (χ0) is 11.8. The molecule has 0 aromatic carbocycles. The van der Waals surface area contributed by atoms with Gasteiger partial charge in [-0.25, -0.2) is 4.98 Å². The third kappa shape index (κ3) is 1.59. The first-order valence-electron chi connectivity index (χ1n) is 5.63. The lowest BCUT2D eigenvalue weighted by Crippen LogP contribution is -2.21. The number of rotatable bonds is 2. The van der Waals surface area contributed by atoms with E-state index in [1.807, 2.05) is 28.8 Å². The number of aromatic nitrogens is 2. The topological polar surface area (TPSA) is 66.6 Å². The maximum absolute atomic E-state index is 11.2. The highest BCUT2D eigenvalue weighted by Crippen LogP contribution is 2.28. The van der Waals surface area contributed by atoms with Gasteiger partial charge in [-0.15, -0.1) is 0 Å². The molecular weight excluding hydrogens is 218 g/mol. The summed E-state index contributed by atoms with van der Waals surface area (Å²) in [5.41, 5.74) is 1.83. The standard InChI is InChI=1S/C12H13N3O2/c16-12(17)9-6-13-5-8(9)10-7-14-11-3-1-2-4-15(10)11/h1-4,7-9,13H,5-6H2,(H,16,17). The van der Waals surface area contributed by atoms with E-state index in [-0.39, 0.29) is 11.8 Å². The molecule has 2 N–H and O–H groups in total. The Balaban J connectivity index is 2.06. The van der Waals surface area contributed by atoms with Crippen LogP contribution in [-0.4, -0.2) is 33.6 Å². The van der Waals surface area contributed by atoms with Crippen molar-refractivity contribution in [3.8, 4) is 0 Å². The number of hydrogen-bond donors (Lipinski definition) is 2. The SMILES string of the molecule is O=C(O)C1CNCC1c1cnc2ccccn12. The number of carbonyl (C=O) groups is 1. The fourth-order valence-electron chi connectivity index (χ4n) is 2.48. The Hall–Kier alpha value is -1.88. The minimum atomic E-state index is -0.745. The van der Waals surface area contributed by atoms with E-state index in [4.69, 9.17) is 0 Å². The van der Waals surface area contributed by atoms with Crippen LogP contribution in [0.4, 0.5) is 0 Å². The summed E-state index contributed by atoms with van der Waals surface area (Å²) in [6.45, 7) is 1.22. The number of carboxylic acid groups (broad SMARTS) is 1. The predicted molar refractivity (Wildman–Crippen MR) is 61.9 cm³/mol. The van der Waals surface area contributed by atoms with Gasteiger partial charge in [0, 0.05) is 37.1 Å². The molecule has 5 nitrogen and oxygen atoms in total. The third-order valence-electron chi connectivity index (χ3n) is 3.36. The molecule has 2 atom stereocenters. The second kappa shape index (κ2) is 3.85. The summed E-state index contributed by atoms with van der Waals surface area (Å²) in [4.78, 5) is 15.5. The van der Waals surface area contributed by atoms with Crippen molar-refractivity contribution in [3.05, 3.63) is 36.3 Å². The van der Waals surface area contributed by atoms with E-state index in [0.29, 0.717) is 13.1 Å². The van der Waals surface area contributed by atoms with Crippen molar-refractivity contribution < 1.29 is 9.90 Å². The van der Waals surface area contributed by atoms with E-state index in [0.717, 1.165) is 11.3 Å². The van der Waals surface area contributed by atoms with Gasteiger partial charge in [-0.2, -0.15) is 0 Å². The molecule has 1 saturated heterocycles. The third-order valence-corrected chi connectivity index (χ3v) is 3.36. The minimum absolute atomic E-state index is 0.00935. The smallest absolute Gasteiger partial charge is 0.308 e. The van der Waals surface area contributed by atoms with Gasteiger partial charge in [0.1, 0.15) is 5.65 Å². The van der Waals surface area contributed by atoms with Crippen molar-refractivity contribution in [1.29, 1.82) is 0 Å². The van der Waals surface area contributed by atoms with Gasteiger partial charge >= 0.3 is 5.97 Å². The highest BCUT2D eigenvalue weighted by Gasteiger charge is 2.35. The van der Waals surface area contributed by atoms with Crippen LogP contribution in [0.5, 0.6) is 0 Å². The first-order chi connectivity index (χ1) is 8.27. The first kappa shape index (κ1) is 10.3. The average molecular weight is 231 g/mol. The van der Waals surface area contributed by atoms with E-state index < -0.39 is 5.97 Å². The van der Waals surface area contributed by atoms with E-state index >= 15 is 0 Å². The Morgan fingerprint density at radius 1 is 1.47 bits per heavy atom. The van der Waals surface area contributed by atoms with Crippen LogP contribution in [0.1, 0.15) is 11.6 Å². The van der Waals surface area contributed by atoms with Crippen LogP contribution < -0.4 is 5.32 Å². The van der Waals surface area contributed by atoms with Crippen LogP contribution in [0, 0.1) is 5.92 Å². The van der Waals surface area contributed by atoms with Gasteiger partial charge in [-0.3, -0.25) is 4.79 Å². The van der Waals surface area contributed by atoms with Gasteiger partial charge in [-0.05, 0) is 12.1 Å². The lowest BCUT2D eigenvalue weighted by molar-refractivity contribution is -0.141. The van der Waals surface area contributed by atoms with Gasteiger partial charge in [0.2, 0.25) is 0 Å². The number of hydrogen-bond acceptors (Lipinski definition) is 3. The molecule has 0 bridgehead atoms. The summed E-state index contributed by atoms with van der Waals surface area (Å²) < 4.78 is 1.97. The predicted octanol–water partition coefficient (Wildman–Crippen LogP) is 0.722. The molecule has 17 heavy (non-hydrogen) atoms. The van der Waals surface area contributed by atoms with Crippen LogP contribution in [0.25, 0.3) is 5.65 Å². The summed E-state index contributed by atoms with van der Waals surface area (Å²) in [5.74, 6) is -1.12. The Morgan fingerprint density at radius 2 is 2.35 bits per heavy atom. The molecule has 0 radical (unpaired) electrons. The molecule has 2 aromatic rings. The molecular formula is C12H13N3O2. The second-order valence-corrected chi connectivity index (χ2v) is 4.32. The van der Waals surface area contributed by atoms with E-state index in [1.54, 1.807) is 6.20 Å². The van der Waals surface area contributed by atoms with Crippen molar-refractivity contribution in [2.24, 2.45) is 5.92 Å². The van der Waals surface area contributed by atoms with Crippen molar-refractivity contribution in [1.82, 2.24) is 14.7 Å². The summed E-state index contributed by atoms with van der Waals surface area (Å²) >= 11 is 0. The van der Waals surface area contributed by atoms with Gasteiger partial charge in [0.25, 0.3) is 0 Å². The number of pyridine rings is 1. The summed E-state index contributed by atoms with van der Waals surface area (Å²) in [7, 11) is 0. The van der Waals surface area contributed by atoms with Gasteiger partial charge in [0.05, 0.1) is 5.92 Å². The van der Waals surface area contributed by atoms with Gasteiger partial charge in [-0.1, -0.05) is 6.07 Å². The van der Waals surface area contributed by atoms with Crippen LogP contribution in [0.2, 0.25) is 0 Å². The number of nitrogens with zero attached hydrogens (tertiary/aromatic N) is 2. The molecule has 3 heterocycles. The van der Waals surface area contributed by atoms with Crippen molar-refractivity contribution in [2.75, 3.05) is 13.1 Å². The fourth-order valence-corrected chi connectivity index (χ4v) is 2.48. The van der Waals surface area contributed by atoms with E-state index in [1.165, 1.54) is 0 Å². The molecule has 0 saturated carbocycles. The lowest BCUT2D eigenvalue weighted by atomic mass is 9.93. The molecule has 3 rings (SSSR count). The van der Waals surface area contributed by atoms with E-state index in [2.05, 4.69) is 10.3 Å². The summed E-state index contributed by atoms with van der Waals surface area (Å²) in [6.07, 6.45) is 3.71. The maximum atomic E-state index is 11.2. The van der Waals surface area contributed by atoms with Crippen LogP contribution in [-0.2, 0) is 4.79 Å². The molecule has 0 amide bonds. The second-order valence-electron chi connectivity index (χ2n) is 4.32. The lowest BCUT2D eigenvalue weighted by Gasteiger charge is -2.13. The van der Waals surface area contributed by atoms with Crippen LogP contribution >= 0.6 is 0 Å². The zero-order valence-electron chi connectivity index (χ0n) is 9.21. The Bertz CT molecular complexity index is 564. The molecule has 1 aliphatic heterocycles. The molecule has 88 valence electrons. The first-order valence-corrected chi connectivity index (χ1v) is 5.63. The van der Waals surface area contributed by atoms with Crippen molar-refractivity contribution in [3.63, 3.8) is 0 Å². The number of imidazole rings is 1. The molecule has 0 aliphatic carbocycles. The monoisotopic (exact) mass is 231 g/mol. The molecule has 5 heteroatoms. The number of fused-ring (bicyclic) bond motifs is 1. The Labute approximate surface area is 98.1 Å². The Kier molecular flexibility index (Phi) is 2.33. The number of nitrogens with one attached hydrogen (secondary N) is 1. The number of carboxylic acids is 1. The summed E-state index contributed by atoms with van der Waals surface area (Å²) in [5, 5.41) is 12.3. The van der Waals surface area contributed by atoms with Crippen molar-refractivity contribution in [2.45, 2.75) is 5.92 Å². The fraction of sp³-hybridized carbons (Fsp3) is 0.333. The number of aliphatic carboxylic acids is 1. The van der Waals surface area contributed by atoms with Crippen LogP contribution in [0.3, 0.4) is 0 Å². The largest absolute Gasteiger partial charge is 0.481 e. The van der Waals surface area contributed by atoms with E-state index in [9.17, 15) is 9.90 Å². The maximum Gasteiger partial charge on any atom is 0.308 e. The van der Waals surface area contributed by atoms with Crippen molar-refractivity contribution >= 4 is 11.6 Å². The highest BCUT2D eigenvalue weighted by atomic mass is 16.4. The van der Waals surface area contributed by atoms with Gasteiger partial charge < -0.3 is 14.8 Å². The molecule has 1 aliphatic rings. The average Bonchev–Trinajstić information content (AvgIpc) is 2.94. The summed E-state index contributed by atoms with van der Waals surface area (Å²) in [6, 6.07) is 5.77. The molecule has 0 spiro atoms. The normalized spacial score (nSPS) is 24.2. The molecule has 1 fully saturated rings. The van der Waals surface area contributed by atoms with Crippen LogP contribution in [0.15, 0.2) is 30.6 Å². The minimum Gasteiger partial charge on any atom is -0.481 e. The quantitative estimate of drug-likeness (QED) is 0.799. The van der Waals surface area contributed by atoms with Gasteiger partial charge in [0.15, 0.2) is 0 Å².